The number of aliphatic carboxylic acids is 1. The van der Waals surface area contributed by atoms with E-state index in [-0.39, 0.29) is 25.0 Å². The van der Waals surface area contributed by atoms with E-state index in [0.717, 1.165) is 0 Å². The molecule has 0 aliphatic carbocycles. The largest absolute Gasteiger partial charge is 0.480 e. The van der Waals surface area contributed by atoms with Gasteiger partial charge in [-0.25, -0.2) is 0 Å². The highest BCUT2D eigenvalue weighted by Gasteiger charge is 2.17. The third-order valence-electron chi connectivity index (χ3n) is 3.59. The van der Waals surface area contributed by atoms with Gasteiger partial charge in [-0.1, -0.05) is 17.7 Å². The topological polar surface area (TPSA) is 78.9 Å². The molecule has 0 unspecified atom stereocenters. The summed E-state index contributed by atoms with van der Waals surface area (Å²) in [7, 11) is 0. The van der Waals surface area contributed by atoms with E-state index >= 15 is 0 Å². The Morgan fingerprint density at radius 2 is 1.81 bits per heavy atom. The van der Waals surface area contributed by atoms with Crippen molar-refractivity contribution in [3.05, 3.63) is 53.6 Å². The van der Waals surface area contributed by atoms with Crippen LogP contribution >= 0.6 is 11.6 Å². The molecule has 0 aliphatic heterocycles. The number of benzene rings is 2. The van der Waals surface area contributed by atoms with Crippen molar-refractivity contribution >= 4 is 29.2 Å². The van der Waals surface area contributed by atoms with Gasteiger partial charge in [-0.15, -0.1) is 0 Å². The molecule has 138 valence electrons. The maximum absolute atomic E-state index is 12.1. The Bertz CT molecular complexity index is 762. The molecular weight excluding hydrogens is 356 g/mol. The maximum Gasteiger partial charge on any atom is 0.317 e. The summed E-state index contributed by atoms with van der Waals surface area (Å²) in [6.07, 6.45) is 0. The lowest BCUT2D eigenvalue weighted by Gasteiger charge is -2.23. The first-order valence-electron chi connectivity index (χ1n) is 8.12. The highest BCUT2D eigenvalue weighted by molar-refractivity contribution is 6.30. The molecule has 2 aromatic carbocycles. The van der Waals surface area contributed by atoms with Gasteiger partial charge in [0.2, 0.25) is 5.91 Å². The summed E-state index contributed by atoms with van der Waals surface area (Å²) in [5.41, 5.74) is 0.604. The van der Waals surface area contributed by atoms with E-state index in [9.17, 15) is 9.59 Å². The van der Waals surface area contributed by atoms with Crippen molar-refractivity contribution in [2.45, 2.75) is 19.9 Å². The first-order chi connectivity index (χ1) is 12.3. The van der Waals surface area contributed by atoms with Crippen molar-refractivity contribution in [3.63, 3.8) is 0 Å². The Balaban J connectivity index is 1.93. The lowest BCUT2D eigenvalue weighted by Crippen LogP contribution is -2.41. The van der Waals surface area contributed by atoms with Crippen molar-refractivity contribution in [2.24, 2.45) is 0 Å². The van der Waals surface area contributed by atoms with Crippen LogP contribution in [0.15, 0.2) is 48.5 Å². The smallest absolute Gasteiger partial charge is 0.317 e. The predicted molar refractivity (Wildman–Crippen MR) is 101 cm³/mol. The van der Waals surface area contributed by atoms with Gasteiger partial charge in [0.25, 0.3) is 0 Å². The minimum Gasteiger partial charge on any atom is -0.480 e. The number of hydrogen-bond acceptors (Lipinski definition) is 4. The normalized spacial score (nSPS) is 10.8. The van der Waals surface area contributed by atoms with Crippen LogP contribution in [0.25, 0.3) is 0 Å². The molecule has 0 heterocycles. The van der Waals surface area contributed by atoms with Crippen LogP contribution in [0.2, 0.25) is 5.02 Å². The van der Waals surface area contributed by atoms with E-state index in [1.165, 1.54) is 0 Å². The fourth-order valence-corrected chi connectivity index (χ4v) is 2.43. The summed E-state index contributed by atoms with van der Waals surface area (Å²) >= 11 is 5.92. The highest BCUT2D eigenvalue weighted by atomic mass is 35.5. The molecule has 0 saturated carbocycles. The number of carboxylic acids is 1. The van der Waals surface area contributed by atoms with Crippen LogP contribution in [0.1, 0.15) is 13.8 Å². The minimum atomic E-state index is -0.964. The summed E-state index contributed by atoms with van der Waals surface area (Å²) in [5, 5.41) is 12.2. The Morgan fingerprint density at radius 1 is 1.12 bits per heavy atom. The maximum atomic E-state index is 12.1. The fourth-order valence-electron chi connectivity index (χ4n) is 2.25. The Kier molecular flexibility index (Phi) is 7.00. The Labute approximate surface area is 157 Å². The van der Waals surface area contributed by atoms with Crippen molar-refractivity contribution in [3.8, 4) is 11.5 Å². The number of anilines is 1. The van der Waals surface area contributed by atoms with Gasteiger partial charge in [-0.2, -0.15) is 0 Å². The molecule has 0 aromatic heterocycles. The molecule has 2 rings (SSSR count). The van der Waals surface area contributed by atoms with Gasteiger partial charge in [0.1, 0.15) is 11.5 Å². The van der Waals surface area contributed by atoms with Gasteiger partial charge in [-0.3, -0.25) is 14.5 Å². The van der Waals surface area contributed by atoms with E-state index < -0.39 is 5.97 Å². The minimum absolute atomic E-state index is 0.00469. The number of carboxylic acid groups (broad SMARTS) is 1. The van der Waals surface area contributed by atoms with Crippen LogP contribution in [0.5, 0.6) is 11.5 Å². The monoisotopic (exact) mass is 376 g/mol. The predicted octanol–water partition coefficient (Wildman–Crippen LogP) is 3.87. The molecule has 6 nitrogen and oxygen atoms in total. The van der Waals surface area contributed by atoms with Crippen LogP contribution in [0.4, 0.5) is 5.69 Å². The van der Waals surface area contributed by atoms with Crippen LogP contribution in [0, 0.1) is 0 Å². The Morgan fingerprint density at radius 3 is 2.38 bits per heavy atom. The van der Waals surface area contributed by atoms with E-state index in [1.54, 1.807) is 53.4 Å². The zero-order valence-corrected chi connectivity index (χ0v) is 15.4. The van der Waals surface area contributed by atoms with Crippen LogP contribution in [0.3, 0.4) is 0 Å². The number of ether oxygens (including phenoxy) is 1. The average Bonchev–Trinajstić information content (AvgIpc) is 2.55. The van der Waals surface area contributed by atoms with Crippen LogP contribution < -0.4 is 10.1 Å². The summed E-state index contributed by atoms with van der Waals surface area (Å²) in [4.78, 5) is 24.6. The van der Waals surface area contributed by atoms with E-state index in [0.29, 0.717) is 22.2 Å². The van der Waals surface area contributed by atoms with Gasteiger partial charge in [0.15, 0.2) is 0 Å². The summed E-state index contributed by atoms with van der Waals surface area (Å²) in [6.45, 7) is 3.51. The molecule has 0 radical (unpaired) electrons. The van der Waals surface area contributed by atoms with Crippen molar-refractivity contribution < 1.29 is 19.4 Å². The van der Waals surface area contributed by atoms with Crippen LogP contribution in [-0.4, -0.2) is 41.0 Å². The zero-order chi connectivity index (χ0) is 19.1. The first-order valence-corrected chi connectivity index (χ1v) is 8.50. The number of nitrogens with zero attached hydrogens (tertiary/aromatic N) is 1. The highest BCUT2D eigenvalue weighted by Crippen LogP contribution is 2.25. The molecule has 7 heteroatoms. The number of halogens is 1. The van der Waals surface area contributed by atoms with E-state index in [2.05, 4.69) is 5.32 Å². The number of rotatable bonds is 8. The molecule has 0 bridgehead atoms. The van der Waals surface area contributed by atoms with E-state index in [1.807, 2.05) is 13.8 Å². The molecule has 1 amide bonds. The molecule has 0 atom stereocenters. The fraction of sp³-hybridized carbons (Fsp3) is 0.263. The quantitative estimate of drug-likeness (QED) is 0.731. The van der Waals surface area contributed by atoms with Gasteiger partial charge in [0.05, 0.1) is 13.1 Å². The lowest BCUT2D eigenvalue weighted by atomic mass is 10.2. The average molecular weight is 377 g/mol. The summed E-state index contributed by atoms with van der Waals surface area (Å²) in [6, 6.07) is 13.9. The third kappa shape index (κ3) is 6.38. The molecule has 26 heavy (non-hydrogen) atoms. The second kappa shape index (κ2) is 9.22. The van der Waals surface area contributed by atoms with Gasteiger partial charge in [-0.05, 0) is 56.3 Å². The van der Waals surface area contributed by atoms with Crippen LogP contribution in [-0.2, 0) is 9.59 Å². The summed E-state index contributed by atoms with van der Waals surface area (Å²) < 4.78 is 5.69. The standard InChI is InChI=1S/C19H21ClN2O4/c1-13(2)22(12-19(24)25)11-18(23)21-15-6-8-16(9-7-15)26-17-5-3-4-14(20)10-17/h3-10,13H,11-12H2,1-2H3,(H,21,23)(H,24,25). The van der Waals surface area contributed by atoms with E-state index in [4.69, 9.17) is 21.4 Å². The second-order valence-corrected chi connectivity index (χ2v) is 6.46. The second-order valence-electron chi connectivity index (χ2n) is 6.02. The molecule has 2 N–H and O–H groups in total. The lowest BCUT2D eigenvalue weighted by molar-refractivity contribution is -0.139. The Hall–Kier alpha value is -2.57. The van der Waals surface area contributed by atoms with Crippen molar-refractivity contribution in [1.29, 1.82) is 0 Å². The van der Waals surface area contributed by atoms with Crippen molar-refractivity contribution in [1.82, 2.24) is 4.90 Å². The van der Waals surface area contributed by atoms with Gasteiger partial charge in [0, 0.05) is 16.8 Å². The molecule has 0 spiro atoms. The number of amides is 1. The summed E-state index contributed by atoms with van der Waals surface area (Å²) in [5.74, 6) is -0.00652. The number of nitrogens with one attached hydrogen (secondary N) is 1. The van der Waals surface area contributed by atoms with Gasteiger partial charge < -0.3 is 15.2 Å². The first kappa shape index (κ1) is 19.8. The number of carbonyl (C=O) groups is 2. The molecular formula is C19H21ClN2O4. The third-order valence-corrected chi connectivity index (χ3v) is 3.82. The number of hydrogen-bond donors (Lipinski definition) is 2. The van der Waals surface area contributed by atoms with Crippen molar-refractivity contribution in [2.75, 3.05) is 18.4 Å². The number of carbonyl (C=O) groups excluding carboxylic acids is 1. The molecule has 0 saturated heterocycles. The van der Waals surface area contributed by atoms with Gasteiger partial charge >= 0.3 is 5.97 Å². The molecule has 0 fully saturated rings. The zero-order valence-electron chi connectivity index (χ0n) is 14.6. The SMILES string of the molecule is CC(C)N(CC(=O)O)CC(=O)Nc1ccc(Oc2cccc(Cl)c2)cc1. The molecule has 2 aromatic rings. The molecule has 0 aliphatic rings.